The van der Waals surface area contributed by atoms with Crippen LogP contribution in [0.25, 0.3) is 0 Å². The van der Waals surface area contributed by atoms with Crippen molar-refractivity contribution < 1.29 is 9.59 Å². The number of aryl methyl sites for hydroxylation is 1. The monoisotopic (exact) mass is 437 g/mol. The van der Waals surface area contributed by atoms with E-state index in [2.05, 4.69) is 20.8 Å². The average Bonchev–Trinajstić information content (AvgIpc) is 3.11. The van der Waals surface area contributed by atoms with Crippen LogP contribution in [0, 0.1) is 12.8 Å². The second-order valence-electron chi connectivity index (χ2n) is 7.66. The van der Waals surface area contributed by atoms with Crippen LogP contribution in [0.4, 0.5) is 5.69 Å². The zero-order chi connectivity index (χ0) is 22.4. The first-order chi connectivity index (χ1) is 14.8. The van der Waals surface area contributed by atoms with Gasteiger partial charge in [-0.3, -0.25) is 9.59 Å². The summed E-state index contributed by atoms with van der Waals surface area (Å²) in [5.74, 6) is 0.702. The molecule has 0 aliphatic heterocycles. The van der Waals surface area contributed by atoms with Crippen molar-refractivity contribution in [1.29, 1.82) is 0 Å². The van der Waals surface area contributed by atoms with Gasteiger partial charge < -0.3 is 15.2 Å². The lowest BCUT2D eigenvalue weighted by Crippen LogP contribution is -2.33. The summed E-state index contributed by atoms with van der Waals surface area (Å²) in [5, 5.41) is 15.1. The fourth-order valence-corrected chi connectivity index (χ4v) is 3.75. The van der Waals surface area contributed by atoms with E-state index in [0.717, 1.165) is 11.3 Å². The molecule has 0 fully saturated rings. The van der Waals surface area contributed by atoms with Crippen molar-refractivity contribution in [2.24, 2.45) is 13.0 Å². The van der Waals surface area contributed by atoms with Gasteiger partial charge in [-0.1, -0.05) is 61.5 Å². The molecule has 0 saturated carbocycles. The first-order valence-corrected chi connectivity index (χ1v) is 11.1. The van der Waals surface area contributed by atoms with E-state index >= 15 is 0 Å². The van der Waals surface area contributed by atoms with Crippen molar-refractivity contribution in [1.82, 2.24) is 20.1 Å². The van der Waals surface area contributed by atoms with E-state index in [1.807, 2.05) is 87.0 Å². The number of nitrogens with one attached hydrogen (secondary N) is 2. The Morgan fingerprint density at radius 3 is 2.35 bits per heavy atom. The van der Waals surface area contributed by atoms with Crippen molar-refractivity contribution in [2.45, 2.75) is 32.0 Å². The first kappa shape index (κ1) is 22.6. The standard InChI is InChI=1S/C23H27N5O2S/c1-15(2)20(25-22(30)17-12-10-16(3)11-13-17)21-26-27-23(28(21)4)31-14-19(29)24-18-8-6-5-7-9-18/h5-13,15,20H,14H2,1-4H3,(H,24,29)(H,25,30)/t20-/m1/s1. The molecule has 2 amide bonds. The van der Waals surface area contributed by atoms with Crippen LogP contribution in [0.1, 0.15) is 41.6 Å². The fraction of sp³-hybridized carbons (Fsp3) is 0.304. The molecule has 1 aromatic heterocycles. The van der Waals surface area contributed by atoms with Gasteiger partial charge in [0.15, 0.2) is 11.0 Å². The Morgan fingerprint density at radius 1 is 1.03 bits per heavy atom. The Balaban J connectivity index is 1.66. The zero-order valence-electron chi connectivity index (χ0n) is 18.1. The molecule has 0 bridgehead atoms. The highest BCUT2D eigenvalue weighted by molar-refractivity contribution is 7.99. The number of carbonyl (C=O) groups excluding carboxylic acids is 2. The number of rotatable bonds is 8. The minimum absolute atomic E-state index is 0.108. The van der Waals surface area contributed by atoms with Gasteiger partial charge in [0.25, 0.3) is 5.91 Å². The normalized spacial score (nSPS) is 11.9. The van der Waals surface area contributed by atoms with Crippen molar-refractivity contribution in [3.05, 3.63) is 71.5 Å². The molecule has 0 spiro atoms. The first-order valence-electron chi connectivity index (χ1n) is 10.1. The highest BCUT2D eigenvalue weighted by Crippen LogP contribution is 2.24. The number of carbonyl (C=O) groups is 2. The third-order valence-corrected chi connectivity index (χ3v) is 5.82. The van der Waals surface area contributed by atoms with E-state index in [9.17, 15) is 9.59 Å². The van der Waals surface area contributed by atoms with Gasteiger partial charge in [-0.05, 0) is 37.1 Å². The summed E-state index contributed by atoms with van der Waals surface area (Å²) in [7, 11) is 1.85. The van der Waals surface area contributed by atoms with E-state index in [0.29, 0.717) is 16.5 Å². The third kappa shape index (κ3) is 5.95. The molecule has 7 nitrogen and oxygen atoms in total. The number of thioether (sulfide) groups is 1. The van der Waals surface area contributed by atoms with Crippen LogP contribution < -0.4 is 10.6 Å². The van der Waals surface area contributed by atoms with Gasteiger partial charge in [-0.15, -0.1) is 10.2 Å². The summed E-state index contributed by atoms with van der Waals surface area (Å²) in [6.07, 6.45) is 0. The number of anilines is 1. The van der Waals surface area contributed by atoms with E-state index in [-0.39, 0.29) is 29.5 Å². The largest absolute Gasteiger partial charge is 0.342 e. The molecule has 1 atom stereocenters. The van der Waals surface area contributed by atoms with Crippen molar-refractivity contribution >= 4 is 29.3 Å². The van der Waals surface area contributed by atoms with E-state index in [1.54, 1.807) is 0 Å². The SMILES string of the molecule is Cc1ccc(C(=O)N[C@@H](c2nnc(SCC(=O)Nc3ccccc3)n2C)C(C)C)cc1. The number of benzene rings is 2. The van der Waals surface area contributed by atoms with Gasteiger partial charge >= 0.3 is 0 Å². The summed E-state index contributed by atoms with van der Waals surface area (Å²) in [5.41, 5.74) is 2.46. The number of para-hydroxylation sites is 1. The van der Waals surface area contributed by atoms with Gasteiger partial charge in [-0.2, -0.15) is 0 Å². The fourth-order valence-electron chi connectivity index (χ4n) is 3.03. The summed E-state index contributed by atoms with van der Waals surface area (Å²) in [6.45, 7) is 6.03. The smallest absolute Gasteiger partial charge is 0.251 e. The highest BCUT2D eigenvalue weighted by atomic mass is 32.2. The summed E-state index contributed by atoms with van der Waals surface area (Å²) in [4.78, 5) is 25.0. The summed E-state index contributed by atoms with van der Waals surface area (Å²) < 4.78 is 1.83. The van der Waals surface area contributed by atoms with Crippen molar-refractivity contribution in [2.75, 3.05) is 11.1 Å². The lowest BCUT2D eigenvalue weighted by atomic mass is 10.0. The van der Waals surface area contributed by atoms with Crippen molar-refractivity contribution in [3.8, 4) is 0 Å². The molecule has 3 rings (SSSR count). The Labute approximate surface area is 186 Å². The average molecular weight is 438 g/mol. The van der Waals surface area contributed by atoms with E-state index in [1.165, 1.54) is 11.8 Å². The third-order valence-electron chi connectivity index (χ3n) is 4.80. The Hall–Kier alpha value is -3.13. The molecule has 0 unspecified atom stereocenters. The molecule has 2 aromatic carbocycles. The molecule has 0 aliphatic carbocycles. The van der Waals surface area contributed by atoms with E-state index < -0.39 is 0 Å². The molecule has 0 aliphatic rings. The Bertz CT molecular complexity index is 1030. The predicted molar refractivity (Wildman–Crippen MR) is 123 cm³/mol. The molecular weight excluding hydrogens is 410 g/mol. The van der Waals surface area contributed by atoms with Crippen LogP contribution >= 0.6 is 11.8 Å². The maximum absolute atomic E-state index is 12.7. The number of hydrogen-bond acceptors (Lipinski definition) is 5. The van der Waals surface area contributed by atoms with Crippen LogP contribution in [0.5, 0.6) is 0 Å². The van der Waals surface area contributed by atoms with E-state index in [4.69, 9.17) is 0 Å². The molecule has 162 valence electrons. The minimum Gasteiger partial charge on any atom is -0.342 e. The maximum atomic E-state index is 12.7. The molecule has 8 heteroatoms. The van der Waals surface area contributed by atoms with Gasteiger partial charge in [0, 0.05) is 18.3 Å². The van der Waals surface area contributed by atoms with Gasteiger partial charge in [0.1, 0.15) is 0 Å². The lowest BCUT2D eigenvalue weighted by Gasteiger charge is -2.21. The van der Waals surface area contributed by atoms with Crippen LogP contribution in [0.3, 0.4) is 0 Å². The van der Waals surface area contributed by atoms with Crippen molar-refractivity contribution in [3.63, 3.8) is 0 Å². The number of aromatic nitrogens is 3. The Morgan fingerprint density at radius 2 is 1.71 bits per heavy atom. The van der Waals surface area contributed by atoms with Gasteiger partial charge in [0.05, 0.1) is 11.8 Å². The molecular formula is C23H27N5O2S. The predicted octanol–water partition coefficient (Wildman–Crippen LogP) is 3.98. The van der Waals surface area contributed by atoms with Gasteiger partial charge in [0.2, 0.25) is 5.91 Å². The molecule has 2 N–H and O–H groups in total. The van der Waals surface area contributed by atoms with Crippen LogP contribution in [0.15, 0.2) is 59.8 Å². The number of hydrogen-bond donors (Lipinski definition) is 2. The maximum Gasteiger partial charge on any atom is 0.251 e. The van der Waals surface area contributed by atoms with Crippen LogP contribution in [0.2, 0.25) is 0 Å². The second kappa shape index (κ2) is 10.3. The molecule has 1 heterocycles. The molecule has 31 heavy (non-hydrogen) atoms. The lowest BCUT2D eigenvalue weighted by molar-refractivity contribution is -0.113. The quantitative estimate of drug-likeness (QED) is 0.521. The Kier molecular flexibility index (Phi) is 7.46. The second-order valence-corrected chi connectivity index (χ2v) is 8.61. The highest BCUT2D eigenvalue weighted by Gasteiger charge is 2.25. The molecule has 0 radical (unpaired) electrons. The molecule has 3 aromatic rings. The number of amides is 2. The van der Waals surface area contributed by atoms with Gasteiger partial charge in [-0.25, -0.2) is 0 Å². The topological polar surface area (TPSA) is 88.9 Å². The summed E-state index contributed by atoms with van der Waals surface area (Å²) in [6, 6.07) is 16.5. The number of nitrogens with zero attached hydrogens (tertiary/aromatic N) is 3. The summed E-state index contributed by atoms with van der Waals surface area (Å²) >= 11 is 1.31. The molecule has 0 saturated heterocycles. The van der Waals surface area contributed by atoms with Crippen LogP contribution in [-0.4, -0.2) is 32.3 Å². The zero-order valence-corrected chi connectivity index (χ0v) is 18.9. The van der Waals surface area contributed by atoms with Crippen LogP contribution in [-0.2, 0) is 11.8 Å². The minimum atomic E-state index is -0.307.